The summed E-state index contributed by atoms with van der Waals surface area (Å²) in [6.07, 6.45) is 6.54. The van der Waals surface area contributed by atoms with Crippen molar-refractivity contribution in [2.24, 2.45) is 0 Å². The molecular weight excluding hydrogens is 558 g/mol. The second-order valence-electron chi connectivity index (χ2n) is 11.5. The molecule has 2 heterocycles. The molecule has 3 amide bonds. The maximum atomic E-state index is 13.3. The molecule has 1 fully saturated rings. The largest absolute Gasteiger partial charge is 0.507 e. The molecular formula is C34H43N5O5. The molecule has 10 nitrogen and oxygen atoms in total. The summed E-state index contributed by atoms with van der Waals surface area (Å²) in [6.45, 7) is 4.12. The molecule has 0 radical (unpaired) electrons. The Labute approximate surface area is 259 Å². The van der Waals surface area contributed by atoms with Crippen LogP contribution in [0.4, 0.5) is 11.5 Å². The van der Waals surface area contributed by atoms with Crippen molar-refractivity contribution in [2.75, 3.05) is 51.1 Å². The van der Waals surface area contributed by atoms with Crippen molar-refractivity contribution in [3.63, 3.8) is 0 Å². The molecule has 1 aliphatic heterocycles. The minimum atomic E-state index is -0.500. The van der Waals surface area contributed by atoms with E-state index >= 15 is 0 Å². The lowest BCUT2D eigenvalue weighted by molar-refractivity contribution is -0.132. The van der Waals surface area contributed by atoms with Crippen molar-refractivity contribution in [1.82, 2.24) is 14.8 Å². The number of carbonyl (C=O) groups excluding carboxylic acids is 3. The normalized spacial score (nSPS) is 13.5. The van der Waals surface area contributed by atoms with Gasteiger partial charge in [-0.15, -0.1) is 0 Å². The zero-order valence-corrected chi connectivity index (χ0v) is 26.1. The van der Waals surface area contributed by atoms with Gasteiger partial charge in [0.15, 0.2) is 0 Å². The number of likely N-dealkylation sites (tertiary alicyclic amines) is 1. The lowest BCUT2D eigenvalue weighted by Crippen LogP contribution is -2.44. The van der Waals surface area contributed by atoms with Crippen LogP contribution >= 0.6 is 0 Å². The number of amides is 3. The van der Waals surface area contributed by atoms with E-state index in [1.807, 2.05) is 30.0 Å². The molecule has 0 saturated carbocycles. The number of aromatic hydroxyl groups is 1. The van der Waals surface area contributed by atoms with Crippen LogP contribution in [-0.2, 0) is 4.79 Å². The molecule has 0 unspecified atom stereocenters. The predicted molar refractivity (Wildman–Crippen MR) is 171 cm³/mol. The van der Waals surface area contributed by atoms with E-state index < -0.39 is 5.91 Å². The molecule has 4 rings (SSSR count). The Balaban J connectivity index is 1.26. The van der Waals surface area contributed by atoms with Gasteiger partial charge in [-0.2, -0.15) is 0 Å². The van der Waals surface area contributed by atoms with Crippen LogP contribution in [0.2, 0.25) is 0 Å². The number of unbranched alkanes of at least 4 members (excludes halogenated alkanes) is 2. The van der Waals surface area contributed by atoms with Gasteiger partial charge >= 0.3 is 0 Å². The number of para-hydroxylation sites is 1. The summed E-state index contributed by atoms with van der Waals surface area (Å²) >= 11 is 0. The third-order valence-corrected chi connectivity index (χ3v) is 8.02. The van der Waals surface area contributed by atoms with Gasteiger partial charge in [0, 0.05) is 38.8 Å². The van der Waals surface area contributed by atoms with Crippen molar-refractivity contribution in [3.05, 3.63) is 77.5 Å². The van der Waals surface area contributed by atoms with Crippen LogP contribution < -0.4 is 15.0 Å². The zero-order chi connectivity index (χ0) is 31.6. The highest BCUT2D eigenvalue weighted by Crippen LogP contribution is 2.30. The standard InChI is InChI=1S/C34H43N5O5/c1-24-13-15-28(30(22-24)44-21-9-5-6-12-32(41)39-19-17-26(18-20-39)37(2)3)38(4)34(43)25-14-16-31(35-23-25)36-33(42)27-10-7-8-11-29(27)40/h7-8,10-11,13-16,22-23,26,40H,5-6,9,12,17-21H2,1-4H3,(H,35,36,42). The zero-order valence-electron chi connectivity index (χ0n) is 26.1. The maximum Gasteiger partial charge on any atom is 0.260 e. The average Bonchev–Trinajstić information content (AvgIpc) is 3.02. The highest BCUT2D eigenvalue weighted by Gasteiger charge is 2.23. The Bertz CT molecular complexity index is 1430. The van der Waals surface area contributed by atoms with Gasteiger partial charge in [0.2, 0.25) is 5.91 Å². The molecule has 44 heavy (non-hydrogen) atoms. The number of nitrogens with zero attached hydrogens (tertiary/aromatic N) is 4. The van der Waals surface area contributed by atoms with Gasteiger partial charge in [0.05, 0.1) is 23.4 Å². The lowest BCUT2D eigenvalue weighted by Gasteiger charge is -2.35. The number of aryl methyl sites for hydroxylation is 1. The van der Waals surface area contributed by atoms with Crippen LogP contribution in [0.25, 0.3) is 0 Å². The monoisotopic (exact) mass is 601 g/mol. The summed E-state index contributed by atoms with van der Waals surface area (Å²) in [5.41, 5.74) is 2.12. The number of benzene rings is 2. The summed E-state index contributed by atoms with van der Waals surface area (Å²) in [5, 5.41) is 12.5. The van der Waals surface area contributed by atoms with Crippen LogP contribution in [0.3, 0.4) is 0 Å². The lowest BCUT2D eigenvalue weighted by atomic mass is 10.0. The van der Waals surface area contributed by atoms with E-state index in [1.54, 1.807) is 31.3 Å². The van der Waals surface area contributed by atoms with Gasteiger partial charge < -0.3 is 29.9 Å². The Morgan fingerprint density at radius 3 is 2.43 bits per heavy atom. The van der Waals surface area contributed by atoms with Crippen molar-refractivity contribution in [3.8, 4) is 11.5 Å². The van der Waals surface area contributed by atoms with Crippen LogP contribution in [-0.4, -0.2) is 84.5 Å². The first kappa shape index (κ1) is 32.5. The molecule has 1 aromatic heterocycles. The number of pyridine rings is 1. The van der Waals surface area contributed by atoms with Gasteiger partial charge in [0.25, 0.3) is 11.8 Å². The summed E-state index contributed by atoms with van der Waals surface area (Å²) in [7, 11) is 5.88. The van der Waals surface area contributed by atoms with Crippen LogP contribution in [0.15, 0.2) is 60.8 Å². The molecule has 0 bridgehead atoms. The van der Waals surface area contributed by atoms with Gasteiger partial charge in [-0.1, -0.05) is 18.2 Å². The fourth-order valence-electron chi connectivity index (χ4n) is 5.29. The van der Waals surface area contributed by atoms with E-state index in [1.165, 1.54) is 23.2 Å². The van der Waals surface area contributed by atoms with E-state index in [9.17, 15) is 19.5 Å². The van der Waals surface area contributed by atoms with Crippen LogP contribution in [0.5, 0.6) is 11.5 Å². The fourth-order valence-corrected chi connectivity index (χ4v) is 5.29. The Hall–Kier alpha value is -4.44. The number of phenols is 1. The smallest absolute Gasteiger partial charge is 0.260 e. The highest BCUT2D eigenvalue weighted by molar-refractivity contribution is 6.07. The summed E-state index contributed by atoms with van der Waals surface area (Å²) in [5.74, 6) is 0.200. The Kier molecular flexibility index (Phi) is 11.3. The van der Waals surface area contributed by atoms with Crippen molar-refractivity contribution in [1.29, 1.82) is 0 Å². The third-order valence-electron chi connectivity index (χ3n) is 8.02. The molecule has 2 N–H and O–H groups in total. The van der Waals surface area contributed by atoms with Gasteiger partial charge in [-0.05, 0) is 95.1 Å². The number of piperidine rings is 1. The molecule has 0 atom stereocenters. The first-order valence-electron chi connectivity index (χ1n) is 15.1. The fraction of sp³-hybridized carbons (Fsp3) is 0.412. The Morgan fingerprint density at radius 2 is 1.75 bits per heavy atom. The quantitative estimate of drug-likeness (QED) is 0.277. The van der Waals surface area contributed by atoms with Gasteiger partial charge in [0.1, 0.15) is 17.3 Å². The predicted octanol–water partition coefficient (Wildman–Crippen LogP) is 5.12. The summed E-state index contributed by atoms with van der Waals surface area (Å²) in [6, 6.07) is 15.6. The first-order chi connectivity index (χ1) is 21.1. The van der Waals surface area contributed by atoms with E-state index in [2.05, 4.69) is 29.3 Å². The number of hydrogen-bond acceptors (Lipinski definition) is 7. The van der Waals surface area contributed by atoms with Crippen molar-refractivity contribution >= 4 is 29.2 Å². The molecule has 1 aliphatic rings. The first-order valence-corrected chi connectivity index (χ1v) is 15.1. The maximum absolute atomic E-state index is 13.3. The van der Waals surface area contributed by atoms with E-state index in [0.29, 0.717) is 36.1 Å². The number of carbonyl (C=O) groups is 3. The van der Waals surface area contributed by atoms with Crippen LogP contribution in [0, 0.1) is 6.92 Å². The van der Waals surface area contributed by atoms with Gasteiger partial charge in [-0.25, -0.2) is 4.98 Å². The van der Waals surface area contributed by atoms with Crippen LogP contribution in [0.1, 0.15) is 64.8 Å². The van der Waals surface area contributed by atoms with Crippen molar-refractivity contribution in [2.45, 2.75) is 51.5 Å². The number of hydrogen-bond donors (Lipinski definition) is 2. The van der Waals surface area contributed by atoms with E-state index in [4.69, 9.17) is 4.74 Å². The number of rotatable bonds is 12. The van der Waals surface area contributed by atoms with Crippen molar-refractivity contribution < 1.29 is 24.2 Å². The van der Waals surface area contributed by atoms with E-state index in [0.717, 1.165) is 50.8 Å². The molecule has 1 saturated heterocycles. The average molecular weight is 602 g/mol. The second kappa shape index (κ2) is 15.3. The SMILES string of the molecule is Cc1ccc(N(C)C(=O)c2ccc(NC(=O)c3ccccc3O)nc2)c(OCCCCCC(=O)N2CCC(N(C)C)CC2)c1. The third kappa shape index (κ3) is 8.57. The second-order valence-corrected chi connectivity index (χ2v) is 11.5. The summed E-state index contributed by atoms with van der Waals surface area (Å²) in [4.78, 5) is 48.4. The minimum absolute atomic E-state index is 0.129. The number of aromatic nitrogens is 1. The van der Waals surface area contributed by atoms with Gasteiger partial charge in [-0.3, -0.25) is 14.4 Å². The molecule has 2 aromatic carbocycles. The number of phenolic OH excluding ortho intramolecular Hbond substituents is 1. The molecule has 10 heteroatoms. The Morgan fingerprint density at radius 1 is 1.00 bits per heavy atom. The minimum Gasteiger partial charge on any atom is -0.507 e. The number of nitrogens with one attached hydrogen (secondary N) is 1. The summed E-state index contributed by atoms with van der Waals surface area (Å²) < 4.78 is 6.12. The molecule has 0 spiro atoms. The molecule has 0 aliphatic carbocycles. The molecule has 3 aromatic rings. The topological polar surface area (TPSA) is 115 Å². The number of anilines is 2. The highest BCUT2D eigenvalue weighted by atomic mass is 16.5. The van der Waals surface area contributed by atoms with E-state index in [-0.39, 0.29) is 28.9 Å². The number of ether oxygens (including phenoxy) is 1. The molecule has 234 valence electrons.